The first kappa shape index (κ1) is 17.3. The normalized spacial score (nSPS) is 16.0. The van der Waals surface area contributed by atoms with Gasteiger partial charge in [0.05, 0.1) is 16.5 Å². The molecule has 1 aromatic heterocycles. The molecule has 134 valence electrons. The number of rotatable bonds is 3. The van der Waals surface area contributed by atoms with Gasteiger partial charge in [0.25, 0.3) is 0 Å². The van der Waals surface area contributed by atoms with Crippen LogP contribution in [0, 0.1) is 0 Å². The lowest BCUT2D eigenvalue weighted by Crippen LogP contribution is -2.14. The summed E-state index contributed by atoms with van der Waals surface area (Å²) in [5.41, 5.74) is 0.899. The highest BCUT2D eigenvalue weighted by Crippen LogP contribution is 2.44. The van der Waals surface area contributed by atoms with Gasteiger partial charge in [0.1, 0.15) is 17.2 Å². The van der Waals surface area contributed by atoms with E-state index in [1.807, 2.05) is 6.07 Å². The average Bonchev–Trinajstić information content (AvgIpc) is 2.95. The van der Waals surface area contributed by atoms with Crippen molar-refractivity contribution in [3.8, 4) is 23.1 Å². The Kier molecular flexibility index (Phi) is 4.56. The molecule has 2 N–H and O–H groups in total. The summed E-state index contributed by atoms with van der Waals surface area (Å²) >= 11 is 13.1. The Morgan fingerprint density at radius 3 is 2.81 bits per heavy atom. The number of aromatic amines is 1. The smallest absolute Gasteiger partial charge is 0.307 e. The molecule has 0 amide bonds. The number of halogens is 2. The zero-order valence-electron chi connectivity index (χ0n) is 13.3. The average molecular weight is 410 g/mol. The van der Waals surface area contributed by atoms with Crippen LogP contribution in [0.4, 0.5) is 0 Å². The molecule has 1 aliphatic heterocycles. The molecule has 0 spiro atoms. The molecule has 2 aromatic carbocycles. The molecule has 0 saturated carbocycles. The van der Waals surface area contributed by atoms with Crippen LogP contribution in [0.2, 0.25) is 10.0 Å². The summed E-state index contributed by atoms with van der Waals surface area (Å²) in [7, 11) is 0. The van der Waals surface area contributed by atoms with E-state index in [0.29, 0.717) is 45.2 Å². The van der Waals surface area contributed by atoms with Crippen LogP contribution in [0.25, 0.3) is 0 Å². The topological polar surface area (TPSA) is 71.6 Å². The first-order valence-corrected chi connectivity index (χ1v) is 9.40. The third kappa shape index (κ3) is 3.28. The summed E-state index contributed by atoms with van der Waals surface area (Å²) in [5.74, 6) is 1.54. The molecule has 2 heterocycles. The van der Waals surface area contributed by atoms with Gasteiger partial charge in [0.15, 0.2) is 0 Å². The van der Waals surface area contributed by atoms with Crippen molar-refractivity contribution >= 4 is 34.5 Å². The van der Waals surface area contributed by atoms with Gasteiger partial charge < -0.3 is 14.6 Å². The van der Waals surface area contributed by atoms with E-state index in [-0.39, 0.29) is 16.7 Å². The molecular formula is C18H13Cl2NO4S. The van der Waals surface area contributed by atoms with Crippen LogP contribution in [0.1, 0.15) is 22.8 Å². The zero-order valence-corrected chi connectivity index (χ0v) is 15.6. The molecule has 4 rings (SSSR count). The summed E-state index contributed by atoms with van der Waals surface area (Å²) in [6.07, 6.45) is 0.678. The number of hydrogen-bond acceptors (Lipinski definition) is 5. The quantitative estimate of drug-likeness (QED) is 0.626. The Morgan fingerprint density at radius 2 is 2.08 bits per heavy atom. The highest BCUT2D eigenvalue weighted by molar-refractivity contribution is 7.09. The first-order chi connectivity index (χ1) is 12.5. The molecule has 26 heavy (non-hydrogen) atoms. The maximum Gasteiger partial charge on any atom is 0.307 e. The number of aromatic hydroxyl groups is 1. The predicted molar refractivity (Wildman–Crippen MR) is 102 cm³/mol. The molecule has 1 atom stereocenters. The minimum atomic E-state index is -0.275. The molecule has 8 heteroatoms. The number of fused-ring (bicyclic) bond motifs is 1. The van der Waals surface area contributed by atoms with Crippen molar-refractivity contribution in [1.29, 1.82) is 0 Å². The highest BCUT2D eigenvalue weighted by atomic mass is 35.5. The van der Waals surface area contributed by atoms with Gasteiger partial charge >= 0.3 is 4.87 Å². The lowest BCUT2D eigenvalue weighted by atomic mass is 9.92. The van der Waals surface area contributed by atoms with E-state index in [0.717, 1.165) is 16.9 Å². The van der Waals surface area contributed by atoms with Gasteiger partial charge in [0, 0.05) is 22.6 Å². The summed E-state index contributed by atoms with van der Waals surface area (Å²) in [5, 5.41) is 10.9. The lowest BCUT2D eigenvalue weighted by Gasteiger charge is -2.25. The van der Waals surface area contributed by atoms with Crippen LogP contribution in [-0.2, 0) is 0 Å². The van der Waals surface area contributed by atoms with Crippen LogP contribution in [0.15, 0.2) is 41.2 Å². The molecule has 0 aliphatic carbocycles. The van der Waals surface area contributed by atoms with Crippen LogP contribution >= 0.6 is 34.5 Å². The Labute approximate surface area is 162 Å². The van der Waals surface area contributed by atoms with Crippen molar-refractivity contribution in [3.63, 3.8) is 0 Å². The third-order valence-corrected chi connectivity index (χ3v) is 5.63. The first-order valence-electron chi connectivity index (χ1n) is 7.83. The molecule has 0 fully saturated rings. The van der Waals surface area contributed by atoms with Crippen molar-refractivity contribution in [2.24, 2.45) is 0 Å². The van der Waals surface area contributed by atoms with E-state index < -0.39 is 0 Å². The zero-order chi connectivity index (χ0) is 18.3. The second-order valence-corrected chi connectivity index (χ2v) is 7.65. The summed E-state index contributed by atoms with van der Waals surface area (Å²) < 4.78 is 11.6. The maximum atomic E-state index is 11.5. The Bertz CT molecular complexity index is 1030. The van der Waals surface area contributed by atoms with E-state index >= 15 is 0 Å². The van der Waals surface area contributed by atoms with Crippen LogP contribution in [0.5, 0.6) is 23.1 Å². The summed E-state index contributed by atoms with van der Waals surface area (Å²) in [4.78, 5) is 14.3. The largest absolute Gasteiger partial charge is 0.494 e. The van der Waals surface area contributed by atoms with Gasteiger partial charge in [-0.05, 0) is 30.7 Å². The van der Waals surface area contributed by atoms with E-state index in [2.05, 4.69) is 4.98 Å². The number of hydrogen-bond donors (Lipinski definition) is 2. The number of nitrogens with one attached hydrogen (secondary N) is 1. The molecule has 0 unspecified atom stereocenters. The van der Waals surface area contributed by atoms with Crippen LogP contribution in [0.3, 0.4) is 0 Å². The third-order valence-electron chi connectivity index (χ3n) is 4.12. The van der Waals surface area contributed by atoms with Gasteiger partial charge in [-0.2, -0.15) is 0 Å². The van der Waals surface area contributed by atoms with Crippen molar-refractivity contribution in [1.82, 2.24) is 4.98 Å². The molecular weight excluding hydrogens is 397 g/mol. The van der Waals surface area contributed by atoms with E-state index in [9.17, 15) is 9.90 Å². The molecule has 0 bridgehead atoms. The predicted octanol–water partition coefficient (Wildman–Crippen LogP) is 5.16. The Morgan fingerprint density at radius 1 is 1.23 bits per heavy atom. The number of aromatic nitrogens is 1. The van der Waals surface area contributed by atoms with Crippen molar-refractivity contribution in [2.45, 2.75) is 12.3 Å². The minimum Gasteiger partial charge on any atom is -0.494 e. The van der Waals surface area contributed by atoms with E-state index in [1.165, 1.54) is 0 Å². The van der Waals surface area contributed by atoms with Crippen molar-refractivity contribution in [2.75, 3.05) is 6.61 Å². The monoisotopic (exact) mass is 409 g/mol. The Hall–Kier alpha value is -2.15. The maximum absolute atomic E-state index is 11.5. The molecule has 0 saturated heterocycles. The number of thiazole rings is 1. The number of ether oxygens (including phenoxy) is 2. The van der Waals surface area contributed by atoms with Crippen molar-refractivity contribution in [3.05, 3.63) is 66.6 Å². The van der Waals surface area contributed by atoms with Gasteiger partial charge in [-0.25, -0.2) is 0 Å². The fraction of sp³-hybridized carbons (Fsp3) is 0.167. The fourth-order valence-corrected chi connectivity index (χ4v) is 4.29. The van der Waals surface area contributed by atoms with E-state index in [4.69, 9.17) is 32.7 Å². The van der Waals surface area contributed by atoms with Crippen LogP contribution < -0.4 is 14.3 Å². The van der Waals surface area contributed by atoms with Gasteiger partial charge in [-0.1, -0.05) is 40.6 Å². The second-order valence-electron chi connectivity index (χ2n) is 5.79. The summed E-state index contributed by atoms with van der Waals surface area (Å²) in [6, 6.07) is 10.5. The van der Waals surface area contributed by atoms with Gasteiger partial charge in [-0.3, -0.25) is 9.78 Å². The highest BCUT2D eigenvalue weighted by Gasteiger charge is 2.28. The van der Waals surface area contributed by atoms with Crippen molar-refractivity contribution < 1.29 is 14.6 Å². The van der Waals surface area contributed by atoms with Gasteiger partial charge in [0.2, 0.25) is 5.88 Å². The number of benzene rings is 2. The van der Waals surface area contributed by atoms with Crippen LogP contribution in [-0.4, -0.2) is 16.7 Å². The minimum absolute atomic E-state index is 0.0777. The van der Waals surface area contributed by atoms with E-state index in [1.54, 1.807) is 30.3 Å². The SMILES string of the molecule is O=c1[nH]c(O)c([C@@H]2CCOc3cc(Oc4ccc(Cl)cc4Cl)ccc32)s1. The summed E-state index contributed by atoms with van der Waals surface area (Å²) in [6.45, 7) is 0.481. The second kappa shape index (κ2) is 6.87. The van der Waals surface area contributed by atoms with Gasteiger partial charge in [-0.15, -0.1) is 0 Å². The standard InChI is InChI=1S/C18H13Cl2NO4S/c19-9-1-4-14(13(20)7-9)25-10-2-3-11-12(5-6-24-15(11)8-10)16-17(22)21-18(23)26-16/h1-4,7-8,12,22H,5-6H2,(H,21,23)/t12-/m1/s1. The molecule has 3 aromatic rings. The molecule has 5 nitrogen and oxygen atoms in total. The lowest BCUT2D eigenvalue weighted by molar-refractivity contribution is 0.275. The fourth-order valence-electron chi connectivity index (χ4n) is 2.96. The molecule has 0 radical (unpaired) electrons. The Balaban J connectivity index is 1.66. The molecule has 1 aliphatic rings. The number of H-pyrrole nitrogens is 1.